The van der Waals surface area contributed by atoms with E-state index in [2.05, 4.69) is 13.8 Å². The van der Waals surface area contributed by atoms with Gasteiger partial charge in [0.05, 0.1) is 13.2 Å². The summed E-state index contributed by atoms with van der Waals surface area (Å²) in [6.45, 7) is 5.66. The summed E-state index contributed by atoms with van der Waals surface area (Å²) in [5.41, 5.74) is 0. The zero-order chi connectivity index (χ0) is 25.0. The molecule has 0 radical (unpaired) electrons. The van der Waals surface area contributed by atoms with Gasteiger partial charge in [-0.1, -0.05) is 129 Å². The van der Waals surface area contributed by atoms with E-state index in [1.165, 1.54) is 103 Å². The zero-order valence-corrected chi connectivity index (χ0v) is 23.0. The van der Waals surface area contributed by atoms with E-state index in [0.717, 1.165) is 38.5 Å². The molecule has 0 heterocycles. The molecule has 0 spiro atoms. The number of unbranched alkanes of at least 4 members (excludes halogenated alkanes) is 19. The van der Waals surface area contributed by atoms with E-state index < -0.39 is 0 Å². The molecule has 0 aliphatic carbocycles. The highest BCUT2D eigenvalue weighted by molar-refractivity contribution is 5.69. The molecule has 4 heteroatoms. The topological polar surface area (TPSA) is 52.6 Å². The van der Waals surface area contributed by atoms with E-state index in [1.54, 1.807) is 0 Å². The Balaban J connectivity index is 3.22. The monoisotopic (exact) mass is 482 g/mol. The second-order valence-corrected chi connectivity index (χ2v) is 10.0. The zero-order valence-electron chi connectivity index (χ0n) is 23.0. The molecular weight excluding hydrogens is 424 g/mol. The fourth-order valence-corrected chi connectivity index (χ4v) is 4.23. The van der Waals surface area contributed by atoms with Crippen LogP contribution in [0.4, 0.5) is 0 Å². The van der Waals surface area contributed by atoms with E-state index in [1.807, 2.05) is 0 Å². The first-order valence-corrected chi connectivity index (χ1v) is 15.0. The van der Waals surface area contributed by atoms with Crippen LogP contribution in [-0.2, 0) is 19.1 Å². The lowest BCUT2D eigenvalue weighted by molar-refractivity contribution is -0.144. The minimum Gasteiger partial charge on any atom is -0.466 e. The number of esters is 2. The largest absolute Gasteiger partial charge is 0.466 e. The van der Waals surface area contributed by atoms with Crippen LogP contribution in [0.2, 0.25) is 0 Å². The van der Waals surface area contributed by atoms with Gasteiger partial charge in [0.15, 0.2) is 0 Å². The maximum atomic E-state index is 11.7. The molecule has 0 aromatic rings. The number of ether oxygens (including phenoxy) is 2. The molecule has 0 amide bonds. The van der Waals surface area contributed by atoms with E-state index >= 15 is 0 Å². The van der Waals surface area contributed by atoms with Crippen LogP contribution in [0.5, 0.6) is 0 Å². The highest BCUT2D eigenvalue weighted by Gasteiger charge is 2.04. The summed E-state index contributed by atoms with van der Waals surface area (Å²) in [5.74, 6) is -0.0281. The van der Waals surface area contributed by atoms with Crippen LogP contribution >= 0.6 is 0 Å². The minimum atomic E-state index is -0.0140. The van der Waals surface area contributed by atoms with Crippen molar-refractivity contribution in [2.24, 2.45) is 0 Å². The molecule has 0 atom stereocenters. The van der Waals surface area contributed by atoms with Gasteiger partial charge in [0.25, 0.3) is 0 Å². The van der Waals surface area contributed by atoms with Crippen LogP contribution in [0, 0.1) is 0 Å². The Bertz CT molecular complexity index is 396. The second-order valence-electron chi connectivity index (χ2n) is 10.0. The van der Waals surface area contributed by atoms with Crippen LogP contribution in [0.1, 0.15) is 168 Å². The van der Waals surface area contributed by atoms with Gasteiger partial charge < -0.3 is 9.47 Å². The van der Waals surface area contributed by atoms with Crippen LogP contribution in [0.15, 0.2) is 0 Å². The molecule has 0 saturated heterocycles. The fourth-order valence-electron chi connectivity index (χ4n) is 4.23. The van der Waals surface area contributed by atoms with Crippen LogP contribution in [0.25, 0.3) is 0 Å². The Kier molecular flexibility index (Phi) is 27.3. The fraction of sp³-hybridized carbons (Fsp3) is 0.933. The lowest BCUT2D eigenvalue weighted by atomic mass is 10.1. The van der Waals surface area contributed by atoms with Crippen molar-refractivity contribution in [2.75, 3.05) is 13.2 Å². The van der Waals surface area contributed by atoms with Gasteiger partial charge in [-0.25, -0.2) is 0 Å². The lowest BCUT2D eigenvalue weighted by Gasteiger charge is -2.06. The third-order valence-electron chi connectivity index (χ3n) is 6.53. The summed E-state index contributed by atoms with van der Waals surface area (Å²) in [6.07, 6.45) is 27.6. The molecule has 0 rings (SSSR count). The molecule has 0 aromatic heterocycles. The standard InChI is InChI=1S/C30H58O4/c1-3-5-7-9-19-23-27-33-29(31)25-21-17-15-13-11-12-14-16-18-22-26-30(32)34-28-24-20-10-8-6-4-2/h3-28H2,1-2H3. The first kappa shape index (κ1) is 32.9. The van der Waals surface area contributed by atoms with Gasteiger partial charge in [-0.15, -0.1) is 0 Å². The van der Waals surface area contributed by atoms with E-state index in [4.69, 9.17) is 9.47 Å². The van der Waals surface area contributed by atoms with Crippen LogP contribution in [-0.4, -0.2) is 25.2 Å². The molecule has 0 saturated carbocycles. The first-order valence-electron chi connectivity index (χ1n) is 15.0. The number of carbonyl (C=O) groups excluding carboxylic acids is 2. The van der Waals surface area contributed by atoms with Gasteiger partial charge in [-0.3, -0.25) is 9.59 Å². The predicted molar refractivity (Wildman–Crippen MR) is 144 cm³/mol. The summed E-state index contributed by atoms with van der Waals surface area (Å²) in [6, 6.07) is 0. The molecule has 34 heavy (non-hydrogen) atoms. The number of carbonyl (C=O) groups is 2. The average Bonchev–Trinajstić information content (AvgIpc) is 2.83. The summed E-state index contributed by atoms with van der Waals surface area (Å²) in [5, 5.41) is 0. The van der Waals surface area contributed by atoms with Crippen molar-refractivity contribution in [2.45, 2.75) is 168 Å². The van der Waals surface area contributed by atoms with Crippen molar-refractivity contribution in [1.29, 1.82) is 0 Å². The molecule has 4 nitrogen and oxygen atoms in total. The molecule has 0 aliphatic rings. The Morgan fingerprint density at radius 2 is 0.647 bits per heavy atom. The lowest BCUT2D eigenvalue weighted by Crippen LogP contribution is -2.05. The Labute approximate surface area is 212 Å². The first-order chi connectivity index (χ1) is 16.7. The molecule has 0 fully saturated rings. The molecule has 0 aromatic carbocycles. The Morgan fingerprint density at radius 1 is 0.382 bits per heavy atom. The van der Waals surface area contributed by atoms with Gasteiger partial charge in [0, 0.05) is 12.8 Å². The van der Waals surface area contributed by atoms with E-state index in [0.29, 0.717) is 26.1 Å². The molecule has 202 valence electrons. The smallest absolute Gasteiger partial charge is 0.305 e. The van der Waals surface area contributed by atoms with Crippen LogP contribution < -0.4 is 0 Å². The van der Waals surface area contributed by atoms with Crippen molar-refractivity contribution in [3.05, 3.63) is 0 Å². The molecule has 0 aliphatic heterocycles. The quantitative estimate of drug-likeness (QED) is 0.0864. The number of rotatable bonds is 27. The van der Waals surface area contributed by atoms with Crippen molar-refractivity contribution in [1.82, 2.24) is 0 Å². The second kappa shape index (κ2) is 28.2. The van der Waals surface area contributed by atoms with Crippen molar-refractivity contribution >= 4 is 11.9 Å². The summed E-state index contributed by atoms with van der Waals surface area (Å²) < 4.78 is 10.7. The Hall–Kier alpha value is -1.06. The van der Waals surface area contributed by atoms with Crippen LogP contribution in [0.3, 0.4) is 0 Å². The number of hydrogen-bond acceptors (Lipinski definition) is 4. The number of hydrogen-bond donors (Lipinski definition) is 0. The van der Waals surface area contributed by atoms with E-state index in [9.17, 15) is 9.59 Å². The van der Waals surface area contributed by atoms with Crippen molar-refractivity contribution in [3.63, 3.8) is 0 Å². The molecule has 0 N–H and O–H groups in total. The van der Waals surface area contributed by atoms with Crippen molar-refractivity contribution in [3.8, 4) is 0 Å². The van der Waals surface area contributed by atoms with Gasteiger partial charge in [0.1, 0.15) is 0 Å². The SMILES string of the molecule is CCCCCCCCOC(=O)CCCCCCCCCCCCC(=O)OCCCCCCCC. The van der Waals surface area contributed by atoms with Crippen molar-refractivity contribution < 1.29 is 19.1 Å². The molecule has 0 unspecified atom stereocenters. The minimum absolute atomic E-state index is 0.0140. The molecular formula is C30H58O4. The summed E-state index contributed by atoms with van der Waals surface area (Å²) in [7, 11) is 0. The van der Waals surface area contributed by atoms with Gasteiger partial charge in [-0.05, 0) is 25.7 Å². The third kappa shape index (κ3) is 27.2. The van der Waals surface area contributed by atoms with Gasteiger partial charge in [0.2, 0.25) is 0 Å². The highest BCUT2D eigenvalue weighted by Crippen LogP contribution is 2.13. The summed E-state index contributed by atoms with van der Waals surface area (Å²) in [4.78, 5) is 23.5. The summed E-state index contributed by atoms with van der Waals surface area (Å²) >= 11 is 0. The Morgan fingerprint density at radius 3 is 0.971 bits per heavy atom. The van der Waals surface area contributed by atoms with Gasteiger partial charge >= 0.3 is 11.9 Å². The maximum Gasteiger partial charge on any atom is 0.305 e. The molecule has 0 bridgehead atoms. The van der Waals surface area contributed by atoms with E-state index in [-0.39, 0.29) is 11.9 Å². The average molecular weight is 483 g/mol. The highest BCUT2D eigenvalue weighted by atomic mass is 16.5. The normalized spacial score (nSPS) is 11.0. The van der Waals surface area contributed by atoms with Gasteiger partial charge in [-0.2, -0.15) is 0 Å². The predicted octanol–water partition coefficient (Wildman–Crippen LogP) is 9.48. The maximum absolute atomic E-state index is 11.7. The third-order valence-corrected chi connectivity index (χ3v) is 6.53.